The predicted molar refractivity (Wildman–Crippen MR) is 104 cm³/mol. The molecular weight excluding hydrogens is 385 g/mol. The zero-order valence-corrected chi connectivity index (χ0v) is 16.2. The fraction of sp³-hybridized carbons (Fsp3) is 0.300. The zero-order valence-electron chi connectivity index (χ0n) is 15.5. The first-order chi connectivity index (χ1) is 13.5. The molecule has 3 rings (SSSR count). The molecule has 148 valence electrons. The monoisotopic (exact) mass is 405 g/mol. The maximum Gasteiger partial charge on any atom is 0.320 e. The number of benzene rings is 2. The number of hydrogen-bond donors (Lipinski definition) is 1. The summed E-state index contributed by atoms with van der Waals surface area (Å²) in [5.41, 5.74) is 1.58. The average molecular weight is 406 g/mol. The van der Waals surface area contributed by atoms with Crippen LogP contribution in [0.3, 0.4) is 0 Å². The molecule has 6 nitrogen and oxygen atoms in total. The van der Waals surface area contributed by atoms with Crippen LogP contribution in [-0.2, 0) is 17.9 Å². The molecule has 1 saturated heterocycles. The van der Waals surface area contributed by atoms with E-state index in [9.17, 15) is 14.0 Å². The van der Waals surface area contributed by atoms with Crippen molar-refractivity contribution in [1.29, 1.82) is 0 Å². The van der Waals surface area contributed by atoms with E-state index in [0.717, 1.165) is 11.3 Å². The molecule has 1 fully saturated rings. The number of halogens is 2. The number of nitrogens with one attached hydrogen (secondary N) is 1. The number of hydrogen-bond acceptors (Lipinski definition) is 3. The molecule has 0 spiro atoms. The van der Waals surface area contributed by atoms with Gasteiger partial charge in [0.05, 0.1) is 7.11 Å². The summed E-state index contributed by atoms with van der Waals surface area (Å²) in [7, 11) is 1.58. The molecule has 3 amide bonds. The van der Waals surface area contributed by atoms with E-state index in [2.05, 4.69) is 5.32 Å². The highest BCUT2D eigenvalue weighted by atomic mass is 35.5. The van der Waals surface area contributed by atoms with E-state index in [0.29, 0.717) is 25.2 Å². The molecule has 2 aromatic carbocycles. The van der Waals surface area contributed by atoms with Crippen molar-refractivity contribution in [2.24, 2.45) is 0 Å². The second-order valence-corrected chi connectivity index (χ2v) is 6.90. The van der Waals surface area contributed by atoms with Crippen LogP contribution in [0.15, 0.2) is 42.5 Å². The Morgan fingerprint density at radius 2 is 2.00 bits per heavy atom. The first kappa shape index (κ1) is 19.9. The van der Waals surface area contributed by atoms with Crippen LogP contribution in [0.25, 0.3) is 0 Å². The van der Waals surface area contributed by atoms with Crippen molar-refractivity contribution in [2.75, 3.05) is 26.7 Å². The van der Waals surface area contributed by atoms with Gasteiger partial charge in [0.25, 0.3) is 0 Å². The molecule has 1 heterocycles. The lowest BCUT2D eigenvalue weighted by Gasteiger charge is -2.19. The van der Waals surface area contributed by atoms with Gasteiger partial charge in [0.15, 0.2) is 0 Å². The third kappa shape index (κ3) is 4.92. The van der Waals surface area contributed by atoms with Crippen molar-refractivity contribution in [1.82, 2.24) is 15.1 Å². The first-order valence-electron chi connectivity index (χ1n) is 8.83. The van der Waals surface area contributed by atoms with E-state index in [1.165, 1.54) is 17.0 Å². The summed E-state index contributed by atoms with van der Waals surface area (Å²) in [4.78, 5) is 27.8. The smallest absolute Gasteiger partial charge is 0.320 e. The van der Waals surface area contributed by atoms with Crippen molar-refractivity contribution < 1.29 is 18.7 Å². The van der Waals surface area contributed by atoms with Gasteiger partial charge in [0.1, 0.15) is 18.1 Å². The third-order valence-corrected chi connectivity index (χ3v) is 4.87. The quantitative estimate of drug-likeness (QED) is 0.770. The summed E-state index contributed by atoms with van der Waals surface area (Å²) < 4.78 is 18.3. The minimum absolute atomic E-state index is 0.0174. The number of carbonyl (C=O) groups is 2. The second-order valence-electron chi connectivity index (χ2n) is 6.49. The molecule has 1 aliphatic heterocycles. The Bertz CT molecular complexity index is 878. The van der Waals surface area contributed by atoms with Crippen molar-refractivity contribution in [2.45, 2.75) is 13.1 Å². The van der Waals surface area contributed by atoms with Gasteiger partial charge in [-0.3, -0.25) is 4.79 Å². The largest absolute Gasteiger partial charge is 0.497 e. The van der Waals surface area contributed by atoms with Crippen molar-refractivity contribution in [3.8, 4) is 5.75 Å². The van der Waals surface area contributed by atoms with E-state index >= 15 is 0 Å². The first-order valence-corrected chi connectivity index (χ1v) is 9.21. The second kappa shape index (κ2) is 8.93. The minimum Gasteiger partial charge on any atom is -0.497 e. The average Bonchev–Trinajstić information content (AvgIpc) is 3.02. The number of rotatable bonds is 7. The van der Waals surface area contributed by atoms with Crippen molar-refractivity contribution >= 4 is 23.5 Å². The van der Waals surface area contributed by atoms with Gasteiger partial charge in [-0.05, 0) is 35.4 Å². The molecule has 1 aliphatic rings. The van der Waals surface area contributed by atoms with Gasteiger partial charge in [0.2, 0.25) is 5.91 Å². The minimum atomic E-state index is -0.421. The summed E-state index contributed by atoms with van der Waals surface area (Å²) in [6.07, 6.45) is 0. The highest BCUT2D eigenvalue weighted by Crippen LogP contribution is 2.21. The zero-order chi connectivity index (χ0) is 20.1. The summed E-state index contributed by atoms with van der Waals surface area (Å²) >= 11 is 6.03. The van der Waals surface area contributed by atoms with Crippen LogP contribution in [0.1, 0.15) is 11.1 Å². The molecule has 0 unspecified atom stereocenters. The molecule has 0 aliphatic carbocycles. The van der Waals surface area contributed by atoms with Gasteiger partial charge in [-0.15, -0.1) is 0 Å². The van der Waals surface area contributed by atoms with Crippen LogP contribution < -0.4 is 10.1 Å². The van der Waals surface area contributed by atoms with Gasteiger partial charge < -0.3 is 19.9 Å². The maximum atomic E-state index is 13.2. The molecule has 0 aromatic heterocycles. The van der Waals surface area contributed by atoms with Crippen molar-refractivity contribution in [3.05, 3.63) is 64.4 Å². The molecule has 0 atom stereocenters. The number of urea groups is 1. The van der Waals surface area contributed by atoms with Crippen LogP contribution in [0.5, 0.6) is 5.75 Å². The molecule has 2 aromatic rings. The van der Waals surface area contributed by atoms with E-state index in [4.69, 9.17) is 16.3 Å². The Morgan fingerprint density at radius 3 is 2.75 bits per heavy atom. The molecule has 0 saturated carbocycles. The van der Waals surface area contributed by atoms with Gasteiger partial charge in [-0.2, -0.15) is 0 Å². The molecule has 1 N–H and O–H groups in total. The van der Waals surface area contributed by atoms with Gasteiger partial charge >= 0.3 is 6.03 Å². The van der Waals surface area contributed by atoms with Gasteiger partial charge in [-0.1, -0.05) is 29.8 Å². The van der Waals surface area contributed by atoms with E-state index in [-0.39, 0.29) is 30.1 Å². The van der Waals surface area contributed by atoms with E-state index < -0.39 is 5.82 Å². The van der Waals surface area contributed by atoms with Crippen LogP contribution in [0, 0.1) is 5.82 Å². The predicted octanol–water partition coefficient (Wildman–Crippen LogP) is 3.04. The molecule has 28 heavy (non-hydrogen) atoms. The molecular formula is C20H21ClFN3O3. The van der Waals surface area contributed by atoms with Gasteiger partial charge in [0, 0.05) is 31.2 Å². The summed E-state index contributed by atoms with van der Waals surface area (Å²) in [6.45, 7) is 1.54. The Labute approximate surface area is 167 Å². The Balaban J connectivity index is 1.51. The molecule has 8 heteroatoms. The fourth-order valence-corrected chi connectivity index (χ4v) is 3.22. The summed E-state index contributed by atoms with van der Waals surface area (Å²) in [5.74, 6) is 0.0604. The topological polar surface area (TPSA) is 61.9 Å². The highest BCUT2D eigenvalue weighted by molar-refractivity contribution is 6.31. The fourth-order valence-electron chi connectivity index (χ4n) is 2.99. The van der Waals surface area contributed by atoms with E-state index in [1.54, 1.807) is 18.1 Å². The number of nitrogens with zero attached hydrogens (tertiary/aromatic N) is 2. The number of carbonyl (C=O) groups excluding carboxylic acids is 2. The van der Waals surface area contributed by atoms with Crippen LogP contribution in [-0.4, -0.2) is 48.5 Å². The summed E-state index contributed by atoms with van der Waals surface area (Å²) in [6, 6.07) is 11.3. The van der Waals surface area contributed by atoms with Crippen LogP contribution >= 0.6 is 11.6 Å². The Morgan fingerprint density at radius 1 is 1.21 bits per heavy atom. The number of ether oxygens (including phenoxy) is 1. The number of amides is 3. The lowest BCUT2D eigenvalue weighted by molar-refractivity contribution is -0.121. The third-order valence-electron chi connectivity index (χ3n) is 4.52. The summed E-state index contributed by atoms with van der Waals surface area (Å²) in [5, 5.41) is 3.09. The van der Waals surface area contributed by atoms with Crippen LogP contribution in [0.4, 0.5) is 9.18 Å². The Kier molecular flexibility index (Phi) is 6.36. The lowest BCUT2D eigenvalue weighted by Crippen LogP contribution is -2.39. The van der Waals surface area contributed by atoms with Crippen LogP contribution in [0.2, 0.25) is 5.02 Å². The van der Waals surface area contributed by atoms with E-state index in [1.807, 2.05) is 24.3 Å². The molecule has 0 bridgehead atoms. The standard InChI is InChI=1S/C20H21ClFN3O3/c1-28-17-4-2-3-14(9-17)11-23-19(26)13-25-8-7-24(20(25)27)12-15-5-6-16(22)10-18(15)21/h2-6,9-10H,7-8,11-13H2,1H3,(H,23,26). The van der Waals surface area contributed by atoms with Crippen molar-refractivity contribution in [3.63, 3.8) is 0 Å². The Hall–Kier alpha value is -2.80. The number of methoxy groups -OCH3 is 1. The SMILES string of the molecule is COc1cccc(CNC(=O)CN2CCN(Cc3ccc(F)cc3Cl)C2=O)c1. The normalized spacial score (nSPS) is 13.8. The maximum absolute atomic E-state index is 13.2. The lowest BCUT2D eigenvalue weighted by atomic mass is 10.2. The molecule has 0 radical (unpaired) electrons. The van der Waals surface area contributed by atoms with Gasteiger partial charge in [-0.25, -0.2) is 9.18 Å². The highest BCUT2D eigenvalue weighted by Gasteiger charge is 2.30.